The topological polar surface area (TPSA) is 17.1 Å². The van der Waals surface area contributed by atoms with E-state index in [0.29, 0.717) is 0 Å². The summed E-state index contributed by atoms with van der Waals surface area (Å²) in [5.41, 5.74) is 0. The van der Waals surface area contributed by atoms with Gasteiger partial charge in [-0.1, -0.05) is 6.92 Å². The molecule has 1 atom stereocenters. The van der Waals surface area contributed by atoms with Gasteiger partial charge in [-0.2, -0.15) is 0 Å². The first-order valence-corrected chi connectivity index (χ1v) is 1.98. The third-order valence-electron chi connectivity index (χ3n) is 0.694. The first-order chi connectivity index (χ1) is 2.64. The molecule has 0 rings (SSSR count). The predicted octanol–water partition coefficient (Wildman–Crippen LogP) is -1.95. The summed E-state index contributed by atoms with van der Waals surface area (Å²) >= 11 is 0. The van der Waals surface area contributed by atoms with Crippen molar-refractivity contribution in [3.63, 3.8) is 0 Å². The van der Waals surface area contributed by atoms with Gasteiger partial charge in [-0.05, 0) is 6.92 Å². The molecule has 0 spiro atoms. The Morgan fingerprint density at radius 2 is 1.86 bits per heavy atom. The number of ketones is 1. The van der Waals surface area contributed by atoms with Crippen LogP contribution < -0.4 is 51.4 Å². The van der Waals surface area contributed by atoms with Crippen molar-refractivity contribution in [2.45, 2.75) is 13.8 Å². The molecule has 1 unspecified atom stereocenters. The van der Waals surface area contributed by atoms with Gasteiger partial charge >= 0.3 is 51.4 Å². The summed E-state index contributed by atoms with van der Waals surface area (Å²) in [6, 6.07) is 0. The second kappa shape index (κ2) is 5.44. The summed E-state index contributed by atoms with van der Waals surface area (Å²) in [5.74, 6) is 0.111. The number of rotatable bonds is 1. The van der Waals surface area contributed by atoms with Gasteiger partial charge in [0.05, 0.1) is 0 Å². The molecule has 0 saturated carbocycles. The molecule has 0 amide bonds. The first kappa shape index (κ1) is 11.1. The predicted molar refractivity (Wildman–Crippen MR) is 25.2 cm³/mol. The van der Waals surface area contributed by atoms with Crippen LogP contribution in [0.15, 0.2) is 0 Å². The molecule has 0 radical (unpaired) electrons. The molecule has 0 aromatic heterocycles. The molecule has 36 valence electrons. The fourth-order valence-electron chi connectivity index (χ4n) is 0. The van der Waals surface area contributed by atoms with Gasteiger partial charge in [0.15, 0.2) is 0 Å². The van der Waals surface area contributed by atoms with Crippen LogP contribution in [0.1, 0.15) is 13.8 Å². The summed E-state index contributed by atoms with van der Waals surface area (Å²) in [4.78, 5) is 10.1. The van der Waals surface area contributed by atoms with Gasteiger partial charge < -0.3 is 11.7 Å². The summed E-state index contributed by atoms with van der Waals surface area (Å²) in [7, 11) is 0. The van der Waals surface area contributed by atoms with E-state index < -0.39 is 0 Å². The van der Waals surface area contributed by atoms with Crippen molar-refractivity contribution in [1.82, 2.24) is 0 Å². The van der Waals surface area contributed by atoms with Crippen molar-refractivity contribution in [3.05, 3.63) is 6.92 Å². The van der Waals surface area contributed by atoms with E-state index in [1.165, 1.54) is 6.92 Å². The number of Topliss-reactive ketones (excluding diaryl/α,β-unsaturated/α-hetero) is 1. The molecule has 0 N–H and O–H groups in total. The van der Waals surface area contributed by atoms with Crippen LogP contribution >= 0.6 is 0 Å². The molecule has 0 aromatic rings. The van der Waals surface area contributed by atoms with E-state index in [4.69, 9.17) is 0 Å². The molecule has 7 heavy (non-hydrogen) atoms. The molecule has 2 heteroatoms. The maximum atomic E-state index is 10.1. The number of carbonyl (C=O) groups excluding carboxylic acids is 1. The molecule has 0 aromatic carbocycles. The van der Waals surface area contributed by atoms with E-state index in [1.54, 1.807) is 6.92 Å². The van der Waals surface area contributed by atoms with Crippen molar-refractivity contribution in [1.29, 1.82) is 0 Å². The third kappa shape index (κ3) is 7.31. The molecule has 0 aliphatic carbocycles. The monoisotopic (exact) mass is 124 g/mol. The van der Waals surface area contributed by atoms with Crippen LogP contribution in [0, 0.1) is 12.8 Å². The van der Waals surface area contributed by atoms with Crippen LogP contribution in [0.2, 0.25) is 0 Å². The van der Waals surface area contributed by atoms with Gasteiger partial charge in [0.2, 0.25) is 0 Å². The molecule has 0 fully saturated rings. The normalized spacial score (nSPS) is 11.9. The van der Waals surface area contributed by atoms with Gasteiger partial charge in [0, 0.05) is 0 Å². The van der Waals surface area contributed by atoms with Crippen LogP contribution in [-0.2, 0) is 4.79 Å². The maximum absolute atomic E-state index is 10.1. The molecule has 0 bridgehead atoms. The standard InChI is InChI=1S/C5H9O.K/c1-4(2)5(3)6;/h4H,1H2,2-3H3;/q-1;+1. The smallest absolute Gasteiger partial charge is 0.333 e. The van der Waals surface area contributed by atoms with E-state index in [1.807, 2.05) is 0 Å². The largest absolute Gasteiger partial charge is 1.00 e. The molecule has 1 nitrogen and oxygen atoms in total. The van der Waals surface area contributed by atoms with E-state index in [-0.39, 0.29) is 63.1 Å². The molecule has 0 heterocycles. The summed E-state index contributed by atoms with van der Waals surface area (Å²) in [6.07, 6.45) is 0. The van der Waals surface area contributed by atoms with E-state index in [0.717, 1.165) is 0 Å². The Bertz CT molecular complexity index is 59.1. The van der Waals surface area contributed by atoms with Crippen LogP contribution in [0.4, 0.5) is 0 Å². The zero-order chi connectivity index (χ0) is 5.15. The van der Waals surface area contributed by atoms with Crippen molar-refractivity contribution >= 4 is 5.78 Å². The van der Waals surface area contributed by atoms with Gasteiger partial charge in [-0.3, -0.25) is 0 Å². The summed E-state index contributed by atoms with van der Waals surface area (Å²) in [5, 5.41) is 0. The average Bonchev–Trinajstić information content (AvgIpc) is 1.36. The van der Waals surface area contributed by atoms with Crippen LogP contribution in [0.3, 0.4) is 0 Å². The first-order valence-electron chi connectivity index (χ1n) is 1.98. The van der Waals surface area contributed by atoms with Crippen LogP contribution in [0.25, 0.3) is 0 Å². The van der Waals surface area contributed by atoms with Gasteiger partial charge in [0.25, 0.3) is 0 Å². The van der Waals surface area contributed by atoms with Crippen molar-refractivity contribution in [2.75, 3.05) is 0 Å². The van der Waals surface area contributed by atoms with Crippen LogP contribution in [-0.4, -0.2) is 5.78 Å². The number of hydrogen-bond donors (Lipinski definition) is 0. The number of carbonyl (C=O) groups is 1. The van der Waals surface area contributed by atoms with Crippen molar-refractivity contribution in [2.24, 2.45) is 5.92 Å². The van der Waals surface area contributed by atoms with Crippen molar-refractivity contribution < 1.29 is 56.2 Å². The minimum atomic E-state index is -0.0370. The molecular formula is C5H9KO. The molecule has 0 saturated heterocycles. The Kier molecular flexibility index (Phi) is 8.67. The van der Waals surface area contributed by atoms with E-state index in [2.05, 4.69) is 6.92 Å². The van der Waals surface area contributed by atoms with Gasteiger partial charge in [-0.25, -0.2) is 0 Å². The maximum Gasteiger partial charge on any atom is 1.00 e. The molecule has 0 aliphatic heterocycles. The minimum absolute atomic E-state index is 0. The zero-order valence-corrected chi connectivity index (χ0v) is 8.32. The Morgan fingerprint density at radius 1 is 1.71 bits per heavy atom. The van der Waals surface area contributed by atoms with E-state index >= 15 is 0 Å². The Morgan fingerprint density at radius 3 is 1.86 bits per heavy atom. The van der Waals surface area contributed by atoms with E-state index in [9.17, 15) is 4.79 Å². The molecule has 0 aliphatic rings. The Labute approximate surface area is 87.3 Å². The zero-order valence-electron chi connectivity index (χ0n) is 5.19. The second-order valence-electron chi connectivity index (χ2n) is 1.51. The number of hydrogen-bond acceptors (Lipinski definition) is 1. The van der Waals surface area contributed by atoms with Crippen LogP contribution in [0.5, 0.6) is 0 Å². The Hall–Kier alpha value is 1.31. The Balaban J connectivity index is 0. The quantitative estimate of drug-likeness (QED) is 0.293. The molecular weight excluding hydrogens is 115 g/mol. The second-order valence-corrected chi connectivity index (χ2v) is 1.51. The third-order valence-corrected chi connectivity index (χ3v) is 0.694. The minimum Gasteiger partial charge on any atom is -0.333 e. The SMILES string of the molecule is [CH2-]C(C)C(C)=O.[K+]. The fraction of sp³-hybridized carbons (Fsp3) is 0.600. The average molecular weight is 124 g/mol. The van der Waals surface area contributed by atoms with Gasteiger partial charge in [-0.15, -0.1) is 5.92 Å². The fourth-order valence-corrected chi connectivity index (χ4v) is 0. The summed E-state index contributed by atoms with van der Waals surface area (Å²) < 4.78 is 0. The summed E-state index contributed by atoms with van der Waals surface area (Å²) in [6.45, 7) is 6.81. The van der Waals surface area contributed by atoms with Gasteiger partial charge in [0.1, 0.15) is 5.78 Å². The van der Waals surface area contributed by atoms with Crippen molar-refractivity contribution in [3.8, 4) is 0 Å².